The van der Waals surface area contributed by atoms with E-state index in [0.717, 1.165) is 13.1 Å². The van der Waals surface area contributed by atoms with Gasteiger partial charge in [0.2, 0.25) is 0 Å². The highest BCUT2D eigenvalue weighted by Crippen LogP contribution is 2.21. The second-order valence-corrected chi connectivity index (χ2v) is 5.81. The van der Waals surface area contributed by atoms with Gasteiger partial charge in [0.25, 0.3) is 0 Å². The lowest BCUT2D eigenvalue weighted by Crippen LogP contribution is -2.47. The monoisotopic (exact) mass is 268 g/mol. The summed E-state index contributed by atoms with van der Waals surface area (Å²) < 4.78 is 0. The van der Waals surface area contributed by atoms with Crippen LogP contribution in [0.1, 0.15) is 18.9 Å². The molecular formula is C18H24N2. The zero-order valence-corrected chi connectivity index (χ0v) is 12.3. The third-order valence-corrected chi connectivity index (χ3v) is 4.49. The number of nitrogens with zero attached hydrogens (tertiary/aromatic N) is 1. The van der Waals surface area contributed by atoms with Crippen molar-refractivity contribution in [1.82, 2.24) is 10.2 Å². The Hall–Kier alpha value is -1.38. The van der Waals surface area contributed by atoms with Crippen molar-refractivity contribution in [1.29, 1.82) is 0 Å². The molecular weight excluding hydrogens is 244 g/mol. The molecule has 106 valence electrons. The van der Waals surface area contributed by atoms with Crippen LogP contribution in [-0.2, 0) is 6.42 Å². The van der Waals surface area contributed by atoms with Crippen molar-refractivity contribution in [3.05, 3.63) is 48.0 Å². The molecule has 20 heavy (non-hydrogen) atoms. The Balaban J connectivity index is 1.67. The Bertz CT molecular complexity index is 553. The predicted molar refractivity (Wildman–Crippen MR) is 86.2 cm³/mol. The van der Waals surface area contributed by atoms with Gasteiger partial charge in [-0.3, -0.25) is 4.90 Å². The molecule has 0 bridgehead atoms. The fourth-order valence-electron chi connectivity index (χ4n) is 3.18. The average molecular weight is 268 g/mol. The number of rotatable bonds is 4. The van der Waals surface area contributed by atoms with E-state index in [4.69, 9.17) is 0 Å². The molecule has 1 aliphatic rings. The van der Waals surface area contributed by atoms with Crippen LogP contribution in [0.15, 0.2) is 42.5 Å². The van der Waals surface area contributed by atoms with Crippen molar-refractivity contribution in [3.8, 4) is 0 Å². The number of hydrogen-bond acceptors (Lipinski definition) is 2. The summed E-state index contributed by atoms with van der Waals surface area (Å²) in [6.45, 7) is 7.03. The normalized spacial score (nSPS) is 18.2. The van der Waals surface area contributed by atoms with Crippen molar-refractivity contribution in [2.24, 2.45) is 0 Å². The smallest absolute Gasteiger partial charge is 0.0110 e. The molecule has 0 spiro atoms. The first-order valence-electron chi connectivity index (χ1n) is 7.76. The van der Waals surface area contributed by atoms with Gasteiger partial charge in [-0.05, 0) is 36.1 Å². The number of aryl methyl sites for hydroxylation is 1. The Morgan fingerprint density at radius 3 is 2.65 bits per heavy atom. The summed E-state index contributed by atoms with van der Waals surface area (Å²) in [6, 6.07) is 16.1. The lowest BCUT2D eigenvalue weighted by Gasteiger charge is -2.32. The van der Waals surface area contributed by atoms with E-state index in [9.17, 15) is 0 Å². The molecule has 1 saturated heterocycles. The predicted octanol–water partition coefficient (Wildman–Crippen LogP) is 3.07. The number of fused-ring (bicyclic) bond motifs is 1. The van der Waals surface area contributed by atoms with Crippen molar-refractivity contribution >= 4 is 10.8 Å². The molecule has 1 fully saturated rings. The molecule has 1 N–H and O–H groups in total. The second-order valence-electron chi connectivity index (χ2n) is 5.81. The summed E-state index contributed by atoms with van der Waals surface area (Å²) in [5, 5.41) is 6.21. The maximum absolute atomic E-state index is 3.43. The number of nitrogens with one attached hydrogen (secondary N) is 1. The average Bonchev–Trinajstić information content (AvgIpc) is 2.53. The van der Waals surface area contributed by atoms with Crippen molar-refractivity contribution in [3.63, 3.8) is 0 Å². The quantitative estimate of drug-likeness (QED) is 0.917. The van der Waals surface area contributed by atoms with Gasteiger partial charge in [0.15, 0.2) is 0 Å². The maximum atomic E-state index is 3.43. The van der Waals surface area contributed by atoms with Crippen molar-refractivity contribution < 1.29 is 0 Å². The zero-order valence-electron chi connectivity index (χ0n) is 12.3. The highest BCUT2D eigenvalue weighted by atomic mass is 15.2. The Morgan fingerprint density at radius 2 is 1.80 bits per heavy atom. The van der Waals surface area contributed by atoms with E-state index < -0.39 is 0 Å². The first kappa shape index (κ1) is 13.6. The van der Waals surface area contributed by atoms with Gasteiger partial charge in [0.05, 0.1) is 0 Å². The van der Waals surface area contributed by atoms with Gasteiger partial charge < -0.3 is 5.32 Å². The molecule has 0 amide bonds. The summed E-state index contributed by atoms with van der Waals surface area (Å²) in [4.78, 5) is 2.61. The van der Waals surface area contributed by atoms with Crippen LogP contribution in [0.5, 0.6) is 0 Å². The van der Waals surface area contributed by atoms with Crippen LogP contribution in [0, 0.1) is 0 Å². The SMILES string of the molecule is CC(CCc1cccc2ccccc12)N1CCNCC1. The fourth-order valence-corrected chi connectivity index (χ4v) is 3.18. The number of piperazine rings is 1. The minimum atomic E-state index is 0.677. The molecule has 0 aliphatic carbocycles. The van der Waals surface area contributed by atoms with E-state index in [1.54, 1.807) is 0 Å². The van der Waals surface area contributed by atoms with Crippen LogP contribution in [0.25, 0.3) is 10.8 Å². The van der Waals surface area contributed by atoms with Crippen LogP contribution in [0.4, 0.5) is 0 Å². The minimum absolute atomic E-state index is 0.677. The van der Waals surface area contributed by atoms with E-state index in [1.807, 2.05) is 0 Å². The summed E-state index contributed by atoms with van der Waals surface area (Å²) >= 11 is 0. The first-order chi connectivity index (χ1) is 9.84. The molecule has 1 unspecified atom stereocenters. The first-order valence-corrected chi connectivity index (χ1v) is 7.76. The van der Waals surface area contributed by atoms with E-state index in [-0.39, 0.29) is 0 Å². The lowest BCUT2D eigenvalue weighted by atomic mass is 9.98. The summed E-state index contributed by atoms with van der Waals surface area (Å²) in [6.07, 6.45) is 2.42. The van der Waals surface area contributed by atoms with Gasteiger partial charge in [-0.25, -0.2) is 0 Å². The van der Waals surface area contributed by atoms with Gasteiger partial charge in [0.1, 0.15) is 0 Å². The van der Waals surface area contributed by atoms with E-state index in [0.29, 0.717) is 6.04 Å². The Morgan fingerprint density at radius 1 is 1.05 bits per heavy atom. The van der Waals surface area contributed by atoms with Crippen LogP contribution < -0.4 is 5.32 Å². The topological polar surface area (TPSA) is 15.3 Å². The largest absolute Gasteiger partial charge is 0.314 e. The lowest BCUT2D eigenvalue weighted by molar-refractivity contribution is 0.177. The molecule has 2 aromatic carbocycles. The molecule has 1 heterocycles. The summed E-state index contributed by atoms with van der Waals surface area (Å²) in [5.41, 5.74) is 1.49. The molecule has 0 radical (unpaired) electrons. The fraction of sp³-hybridized carbons (Fsp3) is 0.444. The summed E-state index contributed by atoms with van der Waals surface area (Å²) in [7, 11) is 0. The van der Waals surface area contributed by atoms with E-state index in [1.165, 1.54) is 42.3 Å². The maximum Gasteiger partial charge on any atom is 0.0110 e. The van der Waals surface area contributed by atoms with Crippen LogP contribution in [-0.4, -0.2) is 37.1 Å². The van der Waals surface area contributed by atoms with Gasteiger partial charge >= 0.3 is 0 Å². The third-order valence-electron chi connectivity index (χ3n) is 4.49. The molecule has 3 rings (SSSR count). The number of hydrogen-bond donors (Lipinski definition) is 1. The molecule has 2 heteroatoms. The molecule has 0 saturated carbocycles. The highest BCUT2D eigenvalue weighted by Gasteiger charge is 2.16. The highest BCUT2D eigenvalue weighted by molar-refractivity contribution is 5.85. The van der Waals surface area contributed by atoms with E-state index in [2.05, 4.69) is 59.6 Å². The van der Waals surface area contributed by atoms with E-state index >= 15 is 0 Å². The van der Waals surface area contributed by atoms with Crippen LogP contribution in [0.2, 0.25) is 0 Å². The third kappa shape index (κ3) is 3.02. The van der Waals surface area contributed by atoms with Crippen molar-refractivity contribution in [2.75, 3.05) is 26.2 Å². The van der Waals surface area contributed by atoms with Gasteiger partial charge in [-0.2, -0.15) is 0 Å². The molecule has 0 aromatic heterocycles. The zero-order chi connectivity index (χ0) is 13.8. The van der Waals surface area contributed by atoms with Crippen LogP contribution in [0.3, 0.4) is 0 Å². The molecule has 2 nitrogen and oxygen atoms in total. The van der Waals surface area contributed by atoms with Gasteiger partial charge in [0, 0.05) is 32.2 Å². The molecule has 1 atom stereocenters. The minimum Gasteiger partial charge on any atom is -0.314 e. The van der Waals surface area contributed by atoms with Crippen LogP contribution >= 0.6 is 0 Å². The molecule has 1 aliphatic heterocycles. The second kappa shape index (κ2) is 6.38. The number of benzene rings is 2. The standard InChI is InChI=1S/C18H24N2/c1-15(20-13-11-19-12-14-20)9-10-17-7-4-6-16-5-2-3-8-18(16)17/h2-8,15,19H,9-14H2,1H3. The Labute approximate surface area is 121 Å². The summed E-state index contributed by atoms with van der Waals surface area (Å²) in [5.74, 6) is 0. The van der Waals surface area contributed by atoms with Crippen molar-refractivity contribution in [2.45, 2.75) is 25.8 Å². The molecule has 2 aromatic rings. The van der Waals surface area contributed by atoms with Gasteiger partial charge in [-0.15, -0.1) is 0 Å². The van der Waals surface area contributed by atoms with Gasteiger partial charge in [-0.1, -0.05) is 42.5 Å². The Kier molecular flexibility index (Phi) is 4.34.